The molecular formula is C24H29N2O4+. The zero-order valence-electron chi connectivity index (χ0n) is 18.2. The van der Waals surface area contributed by atoms with Gasteiger partial charge in [0.05, 0.1) is 45.9 Å². The van der Waals surface area contributed by atoms with E-state index in [4.69, 9.17) is 4.74 Å². The Morgan fingerprint density at radius 3 is 2.33 bits per heavy atom. The maximum atomic E-state index is 13.0. The molecule has 0 spiro atoms. The number of carbonyl (C=O) groups excluding carboxylic acids is 2. The van der Waals surface area contributed by atoms with Gasteiger partial charge in [0, 0.05) is 5.56 Å². The third-order valence-electron chi connectivity index (χ3n) is 5.45. The first-order chi connectivity index (χ1) is 14.2. The van der Waals surface area contributed by atoms with Crippen molar-refractivity contribution in [2.75, 3.05) is 34.3 Å². The van der Waals surface area contributed by atoms with Gasteiger partial charge in [-0.05, 0) is 43.2 Å². The SMILES string of the molecule is COc1ccc(C(O)=C2C(=O)C(=O)N(CC[NH+](C)C)C2c2ccc(C)cc2)cc1C. The summed E-state index contributed by atoms with van der Waals surface area (Å²) in [5, 5.41) is 11.1. The Kier molecular flexibility index (Phi) is 6.27. The monoisotopic (exact) mass is 409 g/mol. The molecule has 3 rings (SSSR count). The van der Waals surface area contributed by atoms with Crippen LogP contribution in [0.3, 0.4) is 0 Å². The van der Waals surface area contributed by atoms with E-state index in [9.17, 15) is 14.7 Å². The highest BCUT2D eigenvalue weighted by molar-refractivity contribution is 6.46. The molecule has 1 amide bonds. The number of Topliss-reactive ketones (excluding diaryl/α,β-unsaturated/α-hetero) is 1. The number of quaternary nitrogens is 1. The van der Waals surface area contributed by atoms with Crippen LogP contribution in [0, 0.1) is 13.8 Å². The van der Waals surface area contributed by atoms with Gasteiger partial charge in [-0.25, -0.2) is 0 Å². The third-order valence-corrected chi connectivity index (χ3v) is 5.45. The van der Waals surface area contributed by atoms with Crippen molar-refractivity contribution >= 4 is 17.4 Å². The molecule has 30 heavy (non-hydrogen) atoms. The van der Waals surface area contributed by atoms with E-state index in [1.54, 1.807) is 30.2 Å². The largest absolute Gasteiger partial charge is 0.507 e. The molecule has 158 valence electrons. The predicted octanol–water partition coefficient (Wildman–Crippen LogP) is 1.88. The second-order valence-corrected chi connectivity index (χ2v) is 8.04. The minimum Gasteiger partial charge on any atom is -0.507 e. The van der Waals surface area contributed by atoms with Gasteiger partial charge in [0.1, 0.15) is 11.5 Å². The molecular weight excluding hydrogens is 380 g/mol. The number of likely N-dealkylation sites (N-methyl/N-ethyl adjacent to an activating group) is 1. The summed E-state index contributed by atoms with van der Waals surface area (Å²) in [7, 11) is 5.58. The molecule has 0 bridgehead atoms. The van der Waals surface area contributed by atoms with Crippen LogP contribution in [-0.4, -0.2) is 56.0 Å². The van der Waals surface area contributed by atoms with Gasteiger partial charge < -0.3 is 19.6 Å². The fourth-order valence-corrected chi connectivity index (χ4v) is 3.73. The van der Waals surface area contributed by atoms with E-state index in [1.807, 2.05) is 52.2 Å². The summed E-state index contributed by atoms with van der Waals surface area (Å²) in [4.78, 5) is 28.6. The van der Waals surface area contributed by atoms with Crippen molar-refractivity contribution in [1.29, 1.82) is 0 Å². The number of aliphatic hydroxyl groups is 1. The van der Waals surface area contributed by atoms with E-state index in [0.29, 0.717) is 24.4 Å². The molecule has 6 heteroatoms. The molecule has 2 aromatic carbocycles. The predicted molar refractivity (Wildman–Crippen MR) is 116 cm³/mol. The zero-order valence-corrected chi connectivity index (χ0v) is 18.2. The van der Waals surface area contributed by atoms with Crippen LogP contribution in [-0.2, 0) is 9.59 Å². The summed E-state index contributed by atoms with van der Waals surface area (Å²) in [6.07, 6.45) is 0. The van der Waals surface area contributed by atoms with Crippen molar-refractivity contribution < 1.29 is 24.3 Å². The highest BCUT2D eigenvalue weighted by Gasteiger charge is 2.46. The molecule has 1 saturated heterocycles. The number of nitrogens with one attached hydrogen (secondary N) is 1. The van der Waals surface area contributed by atoms with Crippen LogP contribution in [0.25, 0.3) is 5.76 Å². The molecule has 0 saturated carbocycles. The fourth-order valence-electron chi connectivity index (χ4n) is 3.73. The standard InChI is InChI=1S/C24H28N2O4/c1-15-6-8-17(9-7-15)21-20(23(28)24(29)26(21)13-12-25(3)4)22(27)18-10-11-19(30-5)16(2)14-18/h6-11,14,21,27H,12-13H2,1-5H3/p+1. The number of benzene rings is 2. The zero-order chi connectivity index (χ0) is 22.0. The number of ketones is 1. The Bertz CT molecular complexity index is 993. The van der Waals surface area contributed by atoms with E-state index in [0.717, 1.165) is 16.7 Å². The van der Waals surface area contributed by atoms with Crippen LogP contribution in [0.4, 0.5) is 0 Å². The van der Waals surface area contributed by atoms with Crippen molar-refractivity contribution in [3.8, 4) is 5.75 Å². The van der Waals surface area contributed by atoms with Gasteiger partial charge >= 0.3 is 0 Å². The molecule has 1 fully saturated rings. The highest BCUT2D eigenvalue weighted by Crippen LogP contribution is 2.39. The number of ether oxygens (including phenoxy) is 1. The number of methoxy groups -OCH3 is 1. The number of hydrogen-bond acceptors (Lipinski definition) is 4. The van der Waals surface area contributed by atoms with Crippen molar-refractivity contribution in [3.63, 3.8) is 0 Å². The molecule has 0 aromatic heterocycles. The van der Waals surface area contributed by atoms with Crippen LogP contribution < -0.4 is 9.64 Å². The van der Waals surface area contributed by atoms with Gasteiger partial charge in [0.2, 0.25) is 0 Å². The second-order valence-electron chi connectivity index (χ2n) is 8.04. The summed E-state index contributed by atoms with van der Waals surface area (Å²) < 4.78 is 5.29. The van der Waals surface area contributed by atoms with E-state index in [2.05, 4.69) is 0 Å². The molecule has 1 heterocycles. The topological polar surface area (TPSA) is 71.3 Å². The van der Waals surface area contributed by atoms with Gasteiger partial charge in [0.25, 0.3) is 11.7 Å². The number of aliphatic hydroxyl groups excluding tert-OH is 1. The van der Waals surface area contributed by atoms with Crippen LogP contribution in [0.1, 0.15) is 28.3 Å². The normalized spacial score (nSPS) is 18.3. The second kappa shape index (κ2) is 8.71. The number of rotatable bonds is 6. The maximum Gasteiger partial charge on any atom is 0.295 e. The minimum absolute atomic E-state index is 0.127. The van der Waals surface area contributed by atoms with E-state index >= 15 is 0 Å². The average Bonchev–Trinajstić information content (AvgIpc) is 2.96. The summed E-state index contributed by atoms with van der Waals surface area (Å²) in [5.41, 5.74) is 3.34. The molecule has 1 unspecified atom stereocenters. The quantitative estimate of drug-likeness (QED) is 0.434. The molecule has 2 N–H and O–H groups in total. The van der Waals surface area contributed by atoms with Gasteiger partial charge in [-0.15, -0.1) is 0 Å². The van der Waals surface area contributed by atoms with E-state index < -0.39 is 17.7 Å². The lowest BCUT2D eigenvalue weighted by molar-refractivity contribution is -0.857. The lowest BCUT2D eigenvalue weighted by Crippen LogP contribution is -3.06. The van der Waals surface area contributed by atoms with Gasteiger partial charge in [-0.1, -0.05) is 29.8 Å². The van der Waals surface area contributed by atoms with E-state index in [1.165, 1.54) is 4.90 Å². The first-order valence-corrected chi connectivity index (χ1v) is 10.0. The highest BCUT2D eigenvalue weighted by atomic mass is 16.5. The number of aryl methyl sites for hydroxylation is 2. The van der Waals surface area contributed by atoms with Crippen LogP contribution in [0.2, 0.25) is 0 Å². The molecule has 1 aliphatic rings. The Hall–Kier alpha value is -3.12. The molecule has 0 radical (unpaired) electrons. The molecule has 6 nitrogen and oxygen atoms in total. The van der Waals surface area contributed by atoms with Crippen LogP contribution in [0.5, 0.6) is 5.75 Å². The summed E-state index contributed by atoms with van der Waals surface area (Å²) in [5.74, 6) is -0.700. The number of carbonyl (C=O) groups is 2. The fraction of sp³-hybridized carbons (Fsp3) is 0.333. The Balaban J connectivity index is 2.14. The summed E-state index contributed by atoms with van der Waals surface area (Å²) in [6, 6.07) is 12.3. The number of nitrogens with zero attached hydrogens (tertiary/aromatic N) is 1. The van der Waals surface area contributed by atoms with Crippen molar-refractivity contribution in [3.05, 3.63) is 70.3 Å². The molecule has 0 aliphatic carbocycles. The lowest BCUT2D eigenvalue weighted by Gasteiger charge is -2.25. The minimum atomic E-state index is -0.652. The number of likely N-dealkylation sites (tertiary alicyclic amines) is 1. The van der Waals surface area contributed by atoms with Gasteiger partial charge in [-0.3, -0.25) is 9.59 Å². The van der Waals surface area contributed by atoms with Gasteiger partial charge in [0.15, 0.2) is 0 Å². The average molecular weight is 410 g/mol. The van der Waals surface area contributed by atoms with Crippen molar-refractivity contribution in [2.24, 2.45) is 0 Å². The van der Waals surface area contributed by atoms with Crippen molar-refractivity contribution in [1.82, 2.24) is 4.90 Å². The van der Waals surface area contributed by atoms with Crippen LogP contribution >= 0.6 is 0 Å². The van der Waals surface area contributed by atoms with E-state index in [-0.39, 0.29) is 11.3 Å². The Morgan fingerprint density at radius 1 is 1.10 bits per heavy atom. The Labute approximate surface area is 177 Å². The van der Waals surface area contributed by atoms with Crippen molar-refractivity contribution in [2.45, 2.75) is 19.9 Å². The third kappa shape index (κ3) is 4.09. The Morgan fingerprint density at radius 2 is 1.77 bits per heavy atom. The summed E-state index contributed by atoms with van der Waals surface area (Å²) in [6.45, 7) is 4.96. The first-order valence-electron chi connectivity index (χ1n) is 10.0. The summed E-state index contributed by atoms with van der Waals surface area (Å²) >= 11 is 0. The maximum absolute atomic E-state index is 13.0. The van der Waals surface area contributed by atoms with Gasteiger partial charge in [-0.2, -0.15) is 0 Å². The number of amides is 1. The molecule has 1 aliphatic heterocycles. The number of hydrogen-bond donors (Lipinski definition) is 2. The smallest absolute Gasteiger partial charge is 0.295 e. The first kappa shape index (κ1) is 21.6. The molecule has 1 atom stereocenters. The molecule has 2 aromatic rings. The lowest BCUT2D eigenvalue weighted by atomic mass is 9.94. The van der Waals surface area contributed by atoms with Crippen LogP contribution in [0.15, 0.2) is 48.0 Å².